The zero-order valence-corrected chi connectivity index (χ0v) is 10.0. The van der Waals surface area contributed by atoms with Gasteiger partial charge in [0.05, 0.1) is 6.61 Å². The lowest BCUT2D eigenvalue weighted by Crippen LogP contribution is -2.31. The molecule has 1 atom stereocenters. The molecule has 0 aromatic carbocycles. The third kappa shape index (κ3) is 4.26. The number of ether oxygens (including phenoxy) is 1. The van der Waals surface area contributed by atoms with Gasteiger partial charge in [0, 0.05) is 0 Å². The molecule has 1 heterocycles. The molecule has 4 heteroatoms. The first-order valence-corrected chi connectivity index (χ1v) is 5.96. The van der Waals surface area contributed by atoms with Crippen molar-refractivity contribution in [3.05, 3.63) is 0 Å². The third-order valence-corrected chi connectivity index (χ3v) is 2.75. The van der Waals surface area contributed by atoms with Crippen LogP contribution in [0.25, 0.3) is 0 Å². The average Bonchev–Trinajstić information content (AvgIpc) is 2.15. The number of hydrogen-bond donors (Lipinski definition) is 1. The minimum absolute atomic E-state index is 0.0284. The fourth-order valence-corrected chi connectivity index (χ4v) is 1.54. The van der Waals surface area contributed by atoms with Crippen molar-refractivity contribution >= 4 is 28.6 Å². The summed E-state index contributed by atoms with van der Waals surface area (Å²) in [4.78, 5) is 11.1. The fourth-order valence-electron chi connectivity index (χ4n) is 1.36. The normalized spacial score (nSPS) is 21.1. The smallest absolute Gasteiger partial charge is 0.318 e. The molecule has 0 amide bonds. The van der Waals surface area contributed by atoms with Crippen LogP contribution in [0.15, 0.2) is 0 Å². The highest BCUT2D eigenvalue weighted by Crippen LogP contribution is 2.12. The molecule has 0 bridgehead atoms. The van der Waals surface area contributed by atoms with Gasteiger partial charge in [-0.2, -0.15) is 0 Å². The van der Waals surface area contributed by atoms with Crippen LogP contribution in [0.2, 0.25) is 0 Å². The topological polar surface area (TPSA) is 38.3 Å². The van der Waals surface area contributed by atoms with E-state index in [1.807, 2.05) is 6.92 Å². The summed E-state index contributed by atoms with van der Waals surface area (Å²) in [6.07, 6.45) is 2.26. The van der Waals surface area contributed by atoms with Gasteiger partial charge in [-0.3, -0.25) is 4.79 Å². The molecule has 0 saturated carbocycles. The summed E-state index contributed by atoms with van der Waals surface area (Å²) in [7, 11) is 0. The minimum Gasteiger partial charge on any atom is -0.465 e. The lowest BCUT2D eigenvalue weighted by Gasteiger charge is -2.22. The molecule has 0 radical (unpaired) electrons. The van der Waals surface area contributed by atoms with E-state index in [4.69, 9.17) is 4.74 Å². The largest absolute Gasteiger partial charge is 0.465 e. The van der Waals surface area contributed by atoms with E-state index in [1.165, 1.54) is 0 Å². The molecule has 1 fully saturated rings. The number of carbonyl (C=O) groups is 1. The van der Waals surface area contributed by atoms with Gasteiger partial charge in [0.2, 0.25) is 0 Å². The van der Waals surface area contributed by atoms with Crippen LogP contribution in [-0.2, 0) is 9.53 Å². The molecule has 1 saturated heterocycles. The van der Waals surface area contributed by atoms with E-state index in [9.17, 15) is 4.79 Å². The summed E-state index contributed by atoms with van der Waals surface area (Å²) in [6, 6.07) is 0. The summed E-state index contributed by atoms with van der Waals surface area (Å²) in [6.45, 7) is 4.57. The minimum atomic E-state index is -0.0841. The maximum absolute atomic E-state index is 11.1. The van der Waals surface area contributed by atoms with E-state index in [2.05, 4.69) is 27.9 Å². The van der Waals surface area contributed by atoms with Gasteiger partial charge >= 0.3 is 5.97 Å². The SMILES string of the molecule is CC(I)C(=O)OCC1CCNCC1. The summed E-state index contributed by atoms with van der Waals surface area (Å²) in [5.74, 6) is 0.486. The second-order valence-electron chi connectivity index (χ2n) is 3.44. The van der Waals surface area contributed by atoms with Gasteiger partial charge in [0.15, 0.2) is 0 Å². The number of halogens is 1. The van der Waals surface area contributed by atoms with Gasteiger partial charge in [0.25, 0.3) is 0 Å². The van der Waals surface area contributed by atoms with E-state index in [1.54, 1.807) is 0 Å². The van der Waals surface area contributed by atoms with Crippen LogP contribution in [0.5, 0.6) is 0 Å². The zero-order valence-electron chi connectivity index (χ0n) is 7.88. The summed E-state index contributed by atoms with van der Waals surface area (Å²) in [5.41, 5.74) is 0. The highest BCUT2D eigenvalue weighted by Gasteiger charge is 2.16. The van der Waals surface area contributed by atoms with Crippen molar-refractivity contribution < 1.29 is 9.53 Å². The Labute approximate surface area is 92.7 Å². The number of esters is 1. The van der Waals surface area contributed by atoms with E-state index < -0.39 is 0 Å². The van der Waals surface area contributed by atoms with Crippen molar-refractivity contribution in [3.8, 4) is 0 Å². The molecule has 1 aliphatic heterocycles. The van der Waals surface area contributed by atoms with E-state index in [-0.39, 0.29) is 9.89 Å². The van der Waals surface area contributed by atoms with Gasteiger partial charge in [-0.1, -0.05) is 22.6 Å². The van der Waals surface area contributed by atoms with Gasteiger partial charge in [0.1, 0.15) is 3.92 Å². The van der Waals surface area contributed by atoms with Crippen LogP contribution in [0.3, 0.4) is 0 Å². The first-order valence-electron chi connectivity index (χ1n) is 4.71. The van der Waals surface area contributed by atoms with Gasteiger partial charge in [-0.15, -0.1) is 0 Å². The van der Waals surface area contributed by atoms with Gasteiger partial charge < -0.3 is 10.1 Å². The standard InChI is InChI=1S/C9H16INO2/c1-7(10)9(12)13-6-8-2-4-11-5-3-8/h7-8,11H,2-6H2,1H3. The molecule has 0 aromatic heterocycles. The van der Waals surface area contributed by atoms with Crippen LogP contribution in [0.4, 0.5) is 0 Å². The van der Waals surface area contributed by atoms with Crippen molar-refractivity contribution in [1.82, 2.24) is 5.32 Å². The number of carbonyl (C=O) groups excluding carboxylic acids is 1. The first-order chi connectivity index (χ1) is 6.20. The molecule has 76 valence electrons. The van der Waals surface area contributed by atoms with Crippen LogP contribution in [0, 0.1) is 5.92 Å². The third-order valence-electron chi connectivity index (χ3n) is 2.24. The first kappa shape index (κ1) is 11.2. The molecule has 13 heavy (non-hydrogen) atoms. The Bertz CT molecular complexity index is 167. The average molecular weight is 297 g/mol. The predicted octanol–water partition coefficient (Wildman–Crippen LogP) is 1.35. The second kappa shape index (κ2) is 5.80. The molecule has 1 N–H and O–H groups in total. The Balaban J connectivity index is 2.13. The number of alkyl halides is 1. The molecule has 1 aliphatic rings. The van der Waals surface area contributed by atoms with Crippen LogP contribution in [0.1, 0.15) is 19.8 Å². The monoisotopic (exact) mass is 297 g/mol. The van der Waals surface area contributed by atoms with Crippen molar-refractivity contribution in [3.63, 3.8) is 0 Å². The highest BCUT2D eigenvalue weighted by atomic mass is 127. The fraction of sp³-hybridized carbons (Fsp3) is 0.889. The Morgan fingerprint density at radius 3 is 2.77 bits per heavy atom. The van der Waals surface area contributed by atoms with E-state index in [0.717, 1.165) is 25.9 Å². The Hall–Kier alpha value is 0.160. The number of piperidine rings is 1. The van der Waals surface area contributed by atoms with E-state index in [0.29, 0.717) is 12.5 Å². The second-order valence-corrected chi connectivity index (χ2v) is 5.31. The number of hydrogen-bond acceptors (Lipinski definition) is 3. The Kier molecular flexibility index (Phi) is 5.01. The van der Waals surface area contributed by atoms with E-state index >= 15 is 0 Å². The van der Waals surface area contributed by atoms with Crippen molar-refractivity contribution in [2.45, 2.75) is 23.7 Å². The quantitative estimate of drug-likeness (QED) is 0.485. The van der Waals surface area contributed by atoms with Crippen molar-refractivity contribution in [1.29, 1.82) is 0 Å². The van der Waals surface area contributed by atoms with Crippen molar-refractivity contribution in [2.24, 2.45) is 5.92 Å². The van der Waals surface area contributed by atoms with Crippen LogP contribution in [-0.4, -0.2) is 29.6 Å². The molecule has 1 unspecified atom stereocenters. The molecule has 1 rings (SSSR count). The lowest BCUT2D eigenvalue weighted by molar-refractivity contribution is -0.143. The molecule has 0 aliphatic carbocycles. The maximum Gasteiger partial charge on any atom is 0.318 e. The van der Waals surface area contributed by atoms with Crippen molar-refractivity contribution in [2.75, 3.05) is 19.7 Å². The summed E-state index contributed by atoms with van der Waals surface area (Å²) >= 11 is 2.08. The molecule has 0 aromatic rings. The maximum atomic E-state index is 11.1. The lowest BCUT2D eigenvalue weighted by atomic mass is 9.99. The number of rotatable bonds is 3. The predicted molar refractivity (Wildman–Crippen MR) is 60.0 cm³/mol. The summed E-state index contributed by atoms with van der Waals surface area (Å²) < 4.78 is 5.14. The highest BCUT2D eigenvalue weighted by molar-refractivity contribution is 14.1. The summed E-state index contributed by atoms with van der Waals surface area (Å²) in [5, 5.41) is 3.28. The molecule has 3 nitrogen and oxygen atoms in total. The van der Waals surface area contributed by atoms with Crippen LogP contribution < -0.4 is 5.32 Å². The van der Waals surface area contributed by atoms with Gasteiger partial charge in [-0.25, -0.2) is 0 Å². The van der Waals surface area contributed by atoms with Crippen LogP contribution >= 0.6 is 22.6 Å². The zero-order chi connectivity index (χ0) is 9.68. The number of nitrogens with one attached hydrogen (secondary N) is 1. The Morgan fingerprint density at radius 2 is 2.23 bits per heavy atom. The molecular weight excluding hydrogens is 281 g/mol. The molecular formula is C9H16INO2. The molecule has 0 spiro atoms. The Morgan fingerprint density at radius 1 is 1.62 bits per heavy atom. The van der Waals surface area contributed by atoms with Gasteiger partial charge in [-0.05, 0) is 38.8 Å².